The van der Waals surface area contributed by atoms with Gasteiger partial charge in [0, 0.05) is 16.2 Å². The van der Waals surface area contributed by atoms with Crippen molar-refractivity contribution in [1.29, 1.82) is 0 Å². The predicted octanol–water partition coefficient (Wildman–Crippen LogP) is 3.15. The van der Waals surface area contributed by atoms with Crippen LogP contribution in [0.4, 0.5) is 13.2 Å². The first kappa shape index (κ1) is 18.1. The van der Waals surface area contributed by atoms with Gasteiger partial charge in [0.1, 0.15) is 10.7 Å². The van der Waals surface area contributed by atoms with E-state index >= 15 is 0 Å². The van der Waals surface area contributed by atoms with Crippen LogP contribution in [0.25, 0.3) is 10.2 Å². The zero-order valence-corrected chi connectivity index (χ0v) is 14.8. The number of halogens is 3. The van der Waals surface area contributed by atoms with Crippen LogP contribution >= 0.6 is 11.3 Å². The largest absolute Gasteiger partial charge is 0.401 e. The van der Waals surface area contributed by atoms with Crippen molar-refractivity contribution in [2.45, 2.75) is 38.8 Å². The van der Waals surface area contributed by atoms with Gasteiger partial charge in [-0.1, -0.05) is 0 Å². The lowest BCUT2D eigenvalue weighted by molar-refractivity contribution is -0.147. The van der Waals surface area contributed by atoms with Crippen LogP contribution in [0.2, 0.25) is 0 Å². The highest BCUT2D eigenvalue weighted by atomic mass is 32.1. The van der Waals surface area contributed by atoms with E-state index in [2.05, 4.69) is 9.97 Å². The first-order valence-electron chi connectivity index (χ1n) is 8.02. The van der Waals surface area contributed by atoms with Crippen molar-refractivity contribution < 1.29 is 18.0 Å². The van der Waals surface area contributed by atoms with E-state index in [0.717, 1.165) is 10.6 Å². The minimum Gasteiger partial charge on any atom is -0.366 e. The van der Waals surface area contributed by atoms with Gasteiger partial charge in [-0.05, 0) is 39.8 Å². The molecule has 0 bridgehead atoms. The third-order valence-electron chi connectivity index (χ3n) is 4.49. The van der Waals surface area contributed by atoms with Crippen molar-refractivity contribution in [1.82, 2.24) is 14.9 Å². The number of amides is 1. The molecule has 1 aliphatic rings. The highest BCUT2D eigenvalue weighted by Crippen LogP contribution is 2.38. The summed E-state index contributed by atoms with van der Waals surface area (Å²) < 4.78 is 37.7. The zero-order valence-electron chi connectivity index (χ0n) is 14.0. The lowest BCUT2D eigenvalue weighted by Crippen LogP contribution is -2.39. The van der Waals surface area contributed by atoms with Crippen LogP contribution in [0.5, 0.6) is 0 Å². The summed E-state index contributed by atoms with van der Waals surface area (Å²) in [5, 5.41) is 0.676. The summed E-state index contributed by atoms with van der Waals surface area (Å²) in [6.45, 7) is 3.41. The summed E-state index contributed by atoms with van der Waals surface area (Å²) in [7, 11) is 0. The molecule has 0 atom stereocenters. The molecule has 5 nitrogen and oxygen atoms in total. The Balaban J connectivity index is 1.93. The number of fused-ring (bicyclic) bond motifs is 1. The normalized spacial score (nSPS) is 17.3. The standard InChI is InChI=1S/C16H19F3N4OS/c1-8-11(14(20)24)12-13(21-9(2)22-15(12)25-8)10-3-5-23(6-4-10)7-16(17,18)19/h10H,3-7H2,1-2H3,(H2,20,24). The molecule has 3 heterocycles. The van der Waals surface area contributed by atoms with Gasteiger partial charge < -0.3 is 5.73 Å². The van der Waals surface area contributed by atoms with E-state index in [1.165, 1.54) is 16.2 Å². The fourth-order valence-corrected chi connectivity index (χ4v) is 4.54. The van der Waals surface area contributed by atoms with Crippen LogP contribution in [0.15, 0.2) is 0 Å². The molecular formula is C16H19F3N4OS. The van der Waals surface area contributed by atoms with Gasteiger partial charge in [0.25, 0.3) is 5.91 Å². The quantitative estimate of drug-likeness (QED) is 0.898. The number of nitrogens with two attached hydrogens (primary N) is 1. The van der Waals surface area contributed by atoms with E-state index in [1.807, 2.05) is 6.92 Å². The molecule has 0 unspecified atom stereocenters. The Morgan fingerprint density at radius 2 is 1.92 bits per heavy atom. The molecule has 3 rings (SSSR count). The summed E-state index contributed by atoms with van der Waals surface area (Å²) in [5.74, 6) is 0.0743. The summed E-state index contributed by atoms with van der Waals surface area (Å²) in [4.78, 5) is 23.7. The van der Waals surface area contributed by atoms with Gasteiger partial charge in [-0.15, -0.1) is 11.3 Å². The predicted molar refractivity (Wildman–Crippen MR) is 89.9 cm³/mol. The average Bonchev–Trinajstić information content (AvgIpc) is 2.81. The Kier molecular flexibility index (Phi) is 4.72. The van der Waals surface area contributed by atoms with Crippen LogP contribution in [0, 0.1) is 13.8 Å². The number of likely N-dealkylation sites (tertiary alicyclic amines) is 1. The molecule has 2 aromatic heterocycles. The molecule has 9 heteroatoms. The van der Waals surface area contributed by atoms with Crippen molar-refractivity contribution in [3.05, 3.63) is 22.0 Å². The van der Waals surface area contributed by atoms with Crippen molar-refractivity contribution in [3.63, 3.8) is 0 Å². The van der Waals surface area contributed by atoms with E-state index in [-0.39, 0.29) is 5.92 Å². The Bertz CT molecular complexity index is 810. The molecule has 1 amide bonds. The molecule has 0 spiro atoms. The number of alkyl halides is 3. The maximum atomic E-state index is 12.6. The monoisotopic (exact) mass is 372 g/mol. The van der Waals surface area contributed by atoms with Crippen molar-refractivity contribution in [3.8, 4) is 0 Å². The molecule has 0 aliphatic carbocycles. The third-order valence-corrected chi connectivity index (χ3v) is 5.49. The van der Waals surface area contributed by atoms with Crippen LogP contribution in [-0.4, -0.2) is 46.6 Å². The number of hydrogen-bond acceptors (Lipinski definition) is 5. The van der Waals surface area contributed by atoms with Gasteiger partial charge in [0.05, 0.1) is 17.8 Å². The van der Waals surface area contributed by atoms with Gasteiger partial charge in [-0.25, -0.2) is 9.97 Å². The molecule has 0 aromatic carbocycles. The molecule has 2 N–H and O–H groups in total. The zero-order chi connectivity index (χ0) is 18.4. The van der Waals surface area contributed by atoms with Gasteiger partial charge in [0.2, 0.25) is 0 Å². The van der Waals surface area contributed by atoms with Gasteiger partial charge in [0.15, 0.2) is 0 Å². The summed E-state index contributed by atoms with van der Waals surface area (Å²) in [6.07, 6.45) is -3.06. The van der Waals surface area contributed by atoms with Gasteiger partial charge in [-0.3, -0.25) is 9.69 Å². The second kappa shape index (κ2) is 6.53. The fourth-order valence-electron chi connectivity index (χ4n) is 3.46. The molecule has 25 heavy (non-hydrogen) atoms. The third kappa shape index (κ3) is 3.77. The van der Waals surface area contributed by atoms with E-state index in [9.17, 15) is 18.0 Å². The molecule has 136 valence electrons. The average molecular weight is 372 g/mol. The Labute approximate surface area is 147 Å². The van der Waals surface area contributed by atoms with E-state index < -0.39 is 18.6 Å². The molecule has 0 radical (unpaired) electrons. The smallest absolute Gasteiger partial charge is 0.366 e. The number of piperidine rings is 1. The van der Waals surface area contributed by atoms with Crippen molar-refractivity contribution in [2.75, 3.05) is 19.6 Å². The number of carbonyl (C=O) groups excluding carboxylic acids is 1. The molecule has 1 saturated heterocycles. The molecule has 1 aliphatic heterocycles. The summed E-state index contributed by atoms with van der Waals surface area (Å²) >= 11 is 1.40. The Hall–Kier alpha value is -1.74. The number of hydrogen-bond donors (Lipinski definition) is 1. The number of carbonyl (C=O) groups is 1. The molecular weight excluding hydrogens is 353 g/mol. The highest BCUT2D eigenvalue weighted by molar-refractivity contribution is 7.19. The minimum absolute atomic E-state index is 0.000726. The number of nitrogens with zero attached hydrogens (tertiary/aromatic N) is 3. The summed E-state index contributed by atoms with van der Waals surface area (Å²) in [5.41, 5.74) is 6.71. The lowest BCUT2D eigenvalue weighted by Gasteiger charge is -2.32. The second-order valence-corrected chi connectivity index (χ2v) is 7.60. The number of aryl methyl sites for hydroxylation is 2. The number of aromatic nitrogens is 2. The maximum absolute atomic E-state index is 12.6. The van der Waals surface area contributed by atoms with Gasteiger partial charge >= 0.3 is 6.18 Å². The van der Waals surface area contributed by atoms with E-state index in [0.29, 0.717) is 47.5 Å². The van der Waals surface area contributed by atoms with Crippen LogP contribution in [0.3, 0.4) is 0 Å². The summed E-state index contributed by atoms with van der Waals surface area (Å²) in [6, 6.07) is 0. The number of primary amides is 1. The molecule has 0 saturated carbocycles. The number of thiophene rings is 1. The van der Waals surface area contributed by atoms with Crippen LogP contribution in [-0.2, 0) is 0 Å². The highest BCUT2D eigenvalue weighted by Gasteiger charge is 2.34. The lowest BCUT2D eigenvalue weighted by atomic mass is 9.90. The fraction of sp³-hybridized carbons (Fsp3) is 0.562. The maximum Gasteiger partial charge on any atom is 0.401 e. The van der Waals surface area contributed by atoms with Gasteiger partial charge in [-0.2, -0.15) is 13.2 Å². The first-order chi connectivity index (χ1) is 11.7. The van der Waals surface area contributed by atoms with Crippen molar-refractivity contribution >= 4 is 27.5 Å². The second-order valence-electron chi connectivity index (χ2n) is 6.40. The van der Waals surface area contributed by atoms with Crippen LogP contribution in [0.1, 0.15) is 45.5 Å². The topological polar surface area (TPSA) is 72.1 Å². The minimum atomic E-state index is -4.19. The SMILES string of the molecule is Cc1nc(C2CCN(CC(F)(F)F)CC2)c2c(C(N)=O)c(C)sc2n1. The number of rotatable bonds is 3. The first-order valence-corrected chi connectivity index (χ1v) is 8.84. The Morgan fingerprint density at radius 1 is 1.28 bits per heavy atom. The van der Waals surface area contributed by atoms with E-state index in [1.54, 1.807) is 6.92 Å². The van der Waals surface area contributed by atoms with E-state index in [4.69, 9.17) is 5.73 Å². The molecule has 2 aromatic rings. The Morgan fingerprint density at radius 3 is 2.48 bits per heavy atom. The molecule has 1 fully saturated rings. The van der Waals surface area contributed by atoms with Crippen molar-refractivity contribution in [2.24, 2.45) is 5.73 Å². The van der Waals surface area contributed by atoms with Crippen LogP contribution < -0.4 is 5.73 Å².